The maximum absolute atomic E-state index is 12.7. The second-order valence-electron chi connectivity index (χ2n) is 3.34. The van der Waals surface area contributed by atoms with Crippen molar-refractivity contribution < 1.29 is 13.6 Å². The summed E-state index contributed by atoms with van der Waals surface area (Å²) in [5.74, 6) is -3.17. The van der Waals surface area contributed by atoms with Gasteiger partial charge in [0.2, 0.25) is 5.91 Å². The van der Waals surface area contributed by atoms with Gasteiger partial charge in [-0.25, -0.2) is 8.78 Å². The second kappa shape index (κ2) is 2.99. The van der Waals surface area contributed by atoms with Crippen molar-refractivity contribution in [3.63, 3.8) is 0 Å². The first-order chi connectivity index (χ1) is 5.92. The molecule has 0 aromatic rings. The Morgan fingerprint density at radius 3 is 2.46 bits per heavy atom. The first-order valence-electron chi connectivity index (χ1n) is 3.99. The summed E-state index contributed by atoms with van der Waals surface area (Å²) in [6.07, 6.45) is 4.96. The van der Waals surface area contributed by atoms with Gasteiger partial charge in [-0.2, -0.15) is 0 Å². The number of halogens is 2. The van der Waals surface area contributed by atoms with Crippen LogP contribution in [0.25, 0.3) is 0 Å². The Bertz CT molecular complexity index is 269. The summed E-state index contributed by atoms with van der Waals surface area (Å²) in [4.78, 5) is 12.4. The molecule has 0 aliphatic heterocycles. The first-order valence-corrected chi connectivity index (χ1v) is 3.99. The molecule has 1 rings (SSSR count). The Labute approximate surface area is 75.9 Å². The summed E-state index contributed by atoms with van der Waals surface area (Å²) in [7, 11) is 1.43. The Hall–Kier alpha value is -1.11. The van der Waals surface area contributed by atoms with Crippen LogP contribution in [0.4, 0.5) is 8.78 Å². The smallest absolute Gasteiger partial charge is 0.263 e. The minimum atomic E-state index is -2.83. The normalized spacial score (nSPS) is 29.2. The molecule has 2 atom stereocenters. The topological polar surface area (TPSA) is 20.3 Å². The molecular weight excluding hydrogens is 176 g/mol. The van der Waals surface area contributed by atoms with E-state index in [2.05, 4.69) is 5.92 Å². The molecule has 1 saturated carbocycles. The van der Waals surface area contributed by atoms with Crippen molar-refractivity contribution in [3.8, 4) is 12.3 Å². The average Bonchev–Trinajstić information content (AvgIpc) is 2.51. The van der Waals surface area contributed by atoms with E-state index in [-0.39, 0.29) is 6.54 Å². The van der Waals surface area contributed by atoms with E-state index in [4.69, 9.17) is 6.42 Å². The van der Waals surface area contributed by atoms with Crippen molar-refractivity contribution in [2.24, 2.45) is 11.8 Å². The molecule has 2 unspecified atom stereocenters. The van der Waals surface area contributed by atoms with Crippen LogP contribution in [0.3, 0.4) is 0 Å². The van der Waals surface area contributed by atoms with Crippen LogP contribution >= 0.6 is 0 Å². The molecular formula is C9H11F2NO. The van der Waals surface area contributed by atoms with Gasteiger partial charge in [-0.3, -0.25) is 4.79 Å². The van der Waals surface area contributed by atoms with Gasteiger partial charge in [-0.15, -0.1) is 6.42 Å². The van der Waals surface area contributed by atoms with Crippen LogP contribution in [0.5, 0.6) is 0 Å². The van der Waals surface area contributed by atoms with Gasteiger partial charge in [0.15, 0.2) is 0 Å². The number of terminal acetylenes is 1. The van der Waals surface area contributed by atoms with E-state index in [9.17, 15) is 13.6 Å². The number of alkyl halides is 2. The lowest BCUT2D eigenvalue weighted by Crippen LogP contribution is -2.30. The van der Waals surface area contributed by atoms with Crippen LogP contribution in [-0.4, -0.2) is 30.3 Å². The molecule has 0 spiro atoms. The molecule has 0 aromatic heterocycles. The van der Waals surface area contributed by atoms with E-state index in [0.29, 0.717) is 0 Å². The van der Waals surface area contributed by atoms with Gasteiger partial charge in [0.05, 0.1) is 6.54 Å². The van der Waals surface area contributed by atoms with Gasteiger partial charge in [-0.1, -0.05) is 12.8 Å². The molecule has 0 heterocycles. The number of amides is 1. The van der Waals surface area contributed by atoms with Gasteiger partial charge < -0.3 is 4.90 Å². The number of nitrogens with zero attached hydrogens (tertiary/aromatic N) is 1. The monoisotopic (exact) mass is 187 g/mol. The Morgan fingerprint density at radius 1 is 1.69 bits per heavy atom. The Kier molecular flexibility index (Phi) is 2.29. The maximum Gasteiger partial charge on any atom is 0.263 e. The van der Waals surface area contributed by atoms with Gasteiger partial charge in [-0.05, 0) is 0 Å². The number of hydrogen-bond donors (Lipinski definition) is 0. The summed E-state index contributed by atoms with van der Waals surface area (Å²) in [5.41, 5.74) is 0. The lowest BCUT2D eigenvalue weighted by molar-refractivity contribution is -0.132. The van der Waals surface area contributed by atoms with Crippen LogP contribution in [0.2, 0.25) is 0 Å². The van der Waals surface area contributed by atoms with Crippen LogP contribution < -0.4 is 0 Å². The van der Waals surface area contributed by atoms with E-state index in [1.54, 1.807) is 0 Å². The summed E-state index contributed by atoms with van der Waals surface area (Å²) in [6, 6.07) is 0. The minimum absolute atomic E-state index is 0.0815. The lowest BCUT2D eigenvalue weighted by Gasteiger charge is -2.12. The van der Waals surface area contributed by atoms with E-state index < -0.39 is 23.7 Å². The molecule has 13 heavy (non-hydrogen) atoms. The molecule has 0 saturated heterocycles. The molecule has 0 aromatic carbocycles. The molecule has 2 nitrogen and oxygen atoms in total. The highest BCUT2D eigenvalue weighted by molar-refractivity contribution is 5.83. The summed E-state index contributed by atoms with van der Waals surface area (Å²) in [5, 5.41) is 0. The zero-order valence-electron chi connectivity index (χ0n) is 7.55. The Balaban J connectivity index is 2.57. The quantitative estimate of drug-likeness (QED) is 0.590. The fourth-order valence-electron chi connectivity index (χ4n) is 1.31. The van der Waals surface area contributed by atoms with Crippen molar-refractivity contribution in [2.45, 2.75) is 12.8 Å². The zero-order chi connectivity index (χ0) is 10.2. The SMILES string of the molecule is C#CCN(C)C(=O)C1C(C)C1(F)F. The van der Waals surface area contributed by atoms with E-state index >= 15 is 0 Å². The van der Waals surface area contributed by atoms with Crippen LogP contribution in [-0.2, 0) is 4.79 Å². The van der Waals surface area contributed by atoms with Crippen molar-refractivity contribution in [1.29, 1.82) is 0 Å². The standard InChI is InChI=1S/C9H11F2NO/c1-4-5-12(3)8(13)7-6(2)9(7,10)11/h1,6-7H,5H2,2-3H3. The predicted octanol–water partition coefficient (Wildman–Crippen LogP) is 0.979. The van der Waals surface area contributed by atoms with Crippen molar-refractivity contribution in [3.05, 3.63) is 0 Å². The highest BCUT2D eigenvalue weighted by Crippen LogP contribution is 2.55. The Morgan fingerprint density at radius 2 is 2.15 bits per heavy atom. The number of carbonyl (C=O) groups is 1. The third-order valence-corrected chi connectivity index (χ3v) is 2.38. The number of hydrogen-bond acceptors (Lipinski definition) is 1. The molecule has 72 valence electrons. The van der Waals surface area contributed by atoms with Gasteiger partial charge in [0.25, 0.3) is 5.92 Å². The third-order valence-electron chi connectivity index (χ3n) is 2.38. The zero-order valence-corrected chi connectivity index (χ0v) is 7.55. The highest BCUT2D eigenvalue weighted by Gasteiger charge is 2.69. The molecule has 1 fully saturated rings. The largest absolute Gasteiger partial charge is 0.334 e. The minimum Gasteiger partial charge on any atom is -0.334 e. The van der Waals surface area contributed by atoms with Gasteiger partial charge in [0.1, 0.15) is 5.92 Å². The van der Waals surface area contributed by atoms with Gasteiger partial charge >= 0.3 is 0 Å². The molecule has 1 aliphatic rings. The highest BCUT2D eigenvalue weighted by atomic mass is 19.3. The number of rotatable bonds is 2. The maximum atomic E-state index is 12.7. The first kappa shape index (κ1) is 9.97. The predicted molar refractivity (Wildman–Crippen MR) is 44.1 cm³/mol. The van der Waals surface area contributed by atoms with Crippen LogP contribution in [0, 0.1) is 24.2 Å². The second-order valence-corrected chi connectivity index (χ2v) is 3.34. The summed E-state index contributed by atoms with van der Waals surface area (Å²) < 4.78 is 25.5. The molecule has 1 aliphatic carbocycles. The van der Waals surface area contributed by atoms with Crippen LogP contribution in [0.1, 0.15) is 6.92 Å². The van der Waals surface area contributed by atoms with E-state index in [1.165, 1.54) is 14.0 Å². The average molecular weight is 187 g/mol. The molecule has 0 bridgehead atoms. The fourth-order valence-corrected chi connectivity index (χ4v) is 1.31. The third kappa shape index (κ3) is 1.51. The summed E-state index contributed by atoms with van der Waals surface area (Å²) in [6.45, 7) is 1.45. The number of carbonyl (C=O) groups excluding carboxylic acids is 1. The molecule has 0 radical (unpaired) electrons. The van der Waals surface area contributed by atoms with Crippen molar-refractivity contribution in [2.75, 3.05) is 13.6 Å². The van der Waals surface area contributed by atoms with Crippen molar-refractivity contribution >= 4 is 5.91 Å². The molecule has 1 amide bonds. The van der Waals surface area contributed by atoms with Gasteiger partial charge in [0, 0.05) is 13.0 Å². The van der Waals surface area contributed by atoms with E-state index in [0.717, 1.165) is 4.90 Å². The fraction of sp³-hybridized carbons (Fsp3) is 0.667. The van der Waals surface area contributed by atoms with Crippen LogP contribution in [0.15, 0.2) is 0 Å². The molecule has 4 heteroatoms. The van der Waals surface area contributed by atoms with Crippen molar-refractivity contribution in [1.82, 2.24) is 4.90 Å². The summed E-state index contributed by atoms with van der Waals surface area (Å²) >= 11 is 0. The lowest BCUT2D eigenvalue weighted by atomic mass is 10.3. The van der Waals surface area contributed by atoms with E-state index in [1.807, 2.05) is 0 Å². The molecule has 0 N–H and O–H groups in total.